The lowest BCUT2D eigenvalue weighted by Crippen LogP contribution is -2.34. The largest absolute Gasteiger partial charge is 0.465 e. The lowest BCUT2D eigenvalue weighted by Gasteiger charge is -2.19. The molecule has 14 heteroatoms. The van der Waals surface area contributed by atoms with Crippen molar-refractivity contribution in [1.82, 2.24) is 9.97 Å². The van der Waals surface area contributed by atoms with Crippen LogP contribution < -0.4 is 10.6 Å². The van der Waals surface area contributed by atoms with Gasteiger partial charge >= 0.3 is 11.9 Å². The van der Waals surface area contributed by atoms with Gasteiger partial charge in [-0.2, -0.15) is 0 Å². The first-order valence-corrected chi connectivity index (χ1v) is 14.8. The molecule has 0 bridgehead atoms. The van der Waals surface area contributed by atoms with Crippen LogP contribution in [-0.4, -0.2) is 61.7 Å². The first-order chi connectivity index (χ1) is 19.5. The minimum atomic E-state index is -3.84. The topological polar surface area (TPSA) is 154 Å². The summed E-state index contributed by atoms with van der Waals surface area (Å²) in [6, 6.07) is 6.92. The first kappa shape index (κ1) is 31.8. The van der Waals surface area contributed by atoms with Crippen LogP contribution in [0, 0.1) is 0 Å². The van der Waals surface area contributed by atoms with Crippen LogP contribution in [0.4, 0.5) is 11.5 Å². The number of halogens is 2. The van der Waals surface area contributed by atoms with Gasteiger partial charge in [-0.25, -0.2) is 23.0 Å². The number of ether oxygens (including phenoxy) is 2. The summed E-state index contributed by atoms with van der Waals surface area (Å²) in [5, 5.41) is 5.84. The fourth-order valence-electron chi connectivity index (χ4n) is 3.81. The Morgan fingerprint density at radius 2 is 1.68 bits per heavy atom. The van der Waals surface area contributed by atoms with E-state index in [1.807, 2.05) is 0 Å². The predicted octanol–water partition coefficient (Wildman–Crippen LogP) is 4.59. The van der Waals surface area contributed by atoms with Crippen molar-refractivity contribution in [2.24, 2.45) is 0 Å². The maximum atomic E-state index is 12.9. The van der Waals surface area contributed by atoms with Gasteiger partial charge in [0.05, 0.1) is 45.5 Å². The Kier molecular flexibility index (Phi) is 11.0. The number of hydrogen-bond acceptors (Lipinski definition) is 10. The van der Waals surface area contributed by atoms with Gasteiger partial charge in [-0.05, 0) is 31.0 Å². The van der Waals surface area contributed by atoms with Crippen molar-refractivity contribution in [3.63, 3.8) is 0 Å². The van der Waals surface area contributed by atoms with E-state index in [-0.39, 0.29) is 50.7 Å². The number of pyridine rings is 2. The molecule has 11 nitrogen and oxygen atoms in total. The van der Waals surface area contributed by atoms with Crippen molar-refractivity contribution in [2.75, 3.05) is 30.1 Å². The molecule has 0 saturated carbocycles. The zero-order chi connectivity index (χ0) is 30.2. The number of benzene rings is 1. The molecule has 2 heterocycles. The molecule has 3 aromatic rings. The van der Waals surface area contributed by atoms with Crippen molar-refractivity contribution in [1.29, 1.82) is 0 Å². The van der Waals surface area contributed by atoms with Gasteiger partial charge in [0, 0.05) is 36.8 Å². The van der Waals surface area contributed by atoms with E-state index in [9.17, 15) is 22.8 Å². The molecule has 41 heavy (non-hydrogen) atoms. The number of aromatic nitrogens is 2. The second-order valence-corrected chi connectivity index (χ2v) is 11.6. The summed E-state index contributed by atoms with van der Waals surface area (Å²) in [6.07, 6.45) is 4.19. The van der Waals surface area contributed by atoms with Crippen LogP contribution in [-0.2, 0) is 30.5 Å². The van der Waals surface area contributed by atoms with Crippen molar-refractivity contribution < 1.29 is 32.3 Å². The van der Waals surface area contributed by atoms with Gasteiger partial charge in [0.25, 0.3) is 5.91 Å². The summed E-state index contributed by atoms with van der Waals surface area (Å²) in [7, 11) is -2.70. The molecule has 0 spiro atoms. The number of anilines is 2. The van der Waals surface area contributed by atoms with Crippen LogP contribution in [0.15, 0.2) is 53.8 Å². The molecular formula is C27H28Cl2N4O7S. The van der Waals surface area contributed by atoms with Gasteiger partial charge in [-0.1, -0.05) is 42.3 Å². The van der Waals surface area contributed by atoms with E-state index in [0.717, 1.165) is 13.3 Å². The van der Waals surface area contributed by atoms with Crippen molar-refractivity contribution in [2.45, 2.75) is 37.6 Å². The maximum Gasteiger partial charge on any atom is 0.340 e. The lowest BCUT2D eigenvalue weighted by molar-refractivity contribution is -0.144. The smallest absolute Gasteiger partial charge is 0.340 e. The molecule has 0 fully saturated rings. The van der Waals surface area contributed by atoms with Crippen LogP contribution in [0.5, 0.6) is 0 Å². The summed E-state index contributed by atoms with van der Waals surface area (Å²) in [5.74, 6) is -2.09. The Labute approximate surface area is 247 Å². The fraction of sp³-hybridized carbons (Fsp3) is 0.296. The fourth-order valence-corrected chi connectivity index (χ4v) is 5.87. The second-order valence-electron chi connectivity index (χ2n) is 8.66. The van der Waals surface area contributed by atoms with E-state index >= 15 is 0 Å². The van der Waals surface area contributed by atoms with E-state index in [0.29, 0.717) is 17.7 Å². The lowest BCUT2D eigenvalue weighted by atomic mass is 10.1. The third-order valence-corrected chi connectivity index (χ3v) is 8.23. The van der Waals surface area contributed by atoms with Gasteiger partial charge in [-0.3, -0.25) is 9.78 Å². The Balaban J connectivity index is 1.84. The van der Waals surface area contributed by atoms with Crippen LogP contribution in [0.2, 0.25) is 10.0 Å². The predicted molar refractivity (Wildman–Crippen MR) is 154 cm³/mol. The molecule has 218 valence electrons. The number of rotatable bonds is 12. The van der Waals surface area contributed by atoms with Gasteiger partial charge < -0.3 is 20.1 Å². The number of hydrogen-bond donors (Lipinski definition) is 2. The molecule has 0 aliphatic carbocycles. The van der Waals surface area contributed by atoms with E-state index in [1.165, 1.54) is 18.5 Å². The van der Waals surface area contributed by atoms with Gasteiger partial charge in [0.15, 0.2) is 9.84 Å². The van der Waals surface area contributed by atoms with Crippen LogP contribution in [0.3, 0.4) is 0 Å². The molecule has 0 saturated heterocycles. The number of nitrogens with zero attached hydrogens (tertiary/aromatic N) is 2. The highest BCUT2D eigenvalue weighted by Crippen LogP contribution is 2.25. The van der Waals surface area contributed by atoms with Crippen LogP contribution in [0.25, 0.3) is 0 Å². The normalized spacial score (nSPS) is 11.8. The molecule has 2 N–H and O–H groups in total. The SMILES string of the molecule is CCCS(=O)(=O)c1cc(NC(Cc2ccc(NC(=O)c3c(Cl)cncc3Cl)cc2)C(=O)OCC)ncc1C(=O)OC. The zero-order valence-electron chi connectivity index (χ0n) is 22.4. The Hall–Kier alpha value is -3.74. The highest BCUT2D eigenvalue weighted by atomic mass is 35.5. The number of sulfone groups is 1. The number of esters is 2. The summed E-state index contributed by atoms with van der Waals surface area (Å²) in [5.41, 5.74) is 1.03. The maximum absolute atomic E-state index is 12.9. The van der Waals surface area contributed by atoms with Crippen molar-refractivity contribution in [3.8, 4) is 0 Å². The van der Waals surface area contributed by atoms with Crippen molar-refractivity contribution in [3.05, 3.63) is 75.7 Å². The Morgan fingerprint density at radius 3 is 2.27 bits per heavy atom. The van der Waals surface area contributed by atoms with E-state index in [4.69, 9.17) is 32.7 Å². The number of methoxy groups -OCH3 is 1. The minimum Gasteiger partial charge on any atom is -0.465 e. The van der Waals surface area contributed by atoms with Gasteiger partial charge in [0.1, 0.15) is 11.9 Å². The third-order valence-electron chi connectivity index (χ3n) is 5.70. The molecule has 0 aliphatic rings. The van der Waals surface area contributed by atoms with E-state index in [1.54, 1.807) is 38.1 Å². The first-order valence-electron chi connectivity index (χ1n) is 12.4. The number of amides is 1. The van der Waals surface area contributed by atoms with Crippen LogP contribution in [0.1, 0.15) is 46.5 Å². The third kappa shape index (κ3) is 8.15. The monoisotopic (exact) mass is 622 g/mol. The molecular weight excluding hydrogens is 595 g/mol. The molecule has 2 aromatic heterocycles. The Morgan fingerprint density at radius 1 is 1.02 bits per heavy atom. The molecule has 0 radical (unpaired) electrons. The number of carbonyl (C=O) groups excluding carboxylic acids is 3. The van der Waals surface area contributed by atoms with Crippen LogP contribution >= 0.6 is 23.2 Å². The van der Waals surface area contributed by atoms with Gasteiger partial charge in [0.2, 0.25) is 0 Å². The molecule has 1 amide bonds. The van der Waals surface area contributed by atoms with E-state index in [2.05, 4.69) is 20.6 Å². The quantitative estimate of drug-likeness (QED) is 0.274. The molecule has 3 rings (SSSR count). The summed E-state index contributed by atoms with van der Waals surface area (Å²) >= 11 is 12.1. The highest BCUT2D eigenvalue weighted by Gasteiger charge is 2.26. The second kappa shape index (κ2) is 14.2. The molecule has 1 unspecified atom stereocenters. The number of nitrogens with one attached hydrogen (secondary N) is 2. The molecule has 0 aliphatic heterocycles. The Bertz CT molecular complexity index is 1510. The average molecular weight is 624 g/mol. The van der Waals surface area contributed by atoms with Crippen molar-refractivity contribution >= 4 is 62.4 Å². The number of carbonyl (C=O) groups is 3. The average Bonchev–Trinajstić information content (AvgIpc) is 2.93. The standard InChI is InChI=1S/C27H28Cl2N4O7S/c1-4-10-41(37,38)22-12-23(31-13-18(22)26(35)39-3)33-21(27(36)40-5-2)11-16-6-8-17(9-7-16)32-25(34)24-19(28)14-30-15-20(24)29/h6-9,12-15,21H,4-5,10-11H2,1-3H3,(H,31,33)(H,32,34). The summed E-state index contributed by atoms with van der Waals surface area (Å²) in [6.45, 7) is 3.48. The van der Waals surface area contributed by atoms with E-state index < -0.39 is 33.7 Å². The highest BCUT2D eigenvalue weighted by molar-refractivity contribution is 7.91. The molecule has 1 atom stereocenters. The summed E-state index contributed by atoms with van der Waals surface area (Å²) < 4.78 is 35.7. The zero-order valence-corrected chi connectivity index (χ0v) is 24.8. The summed E-state index contributed by atoms with van der Waals surface area (Å²) in [4.78, 5) is 45.4. The van der Waals surface area contributed by atoms with Gasteiger partial charge in [-0.15, -0.1) is 0 Å². The minimum absolute atomic E-state index is 0.0559. The molecule has 1 aromatic carbocycles.